The van der Waals surface area contributed by atoms with Gasteiger partial charge in [-0.1, -0.05) is 0 Å². The number of hydrogen-bond acceptors (Lipinski definition) is 4. The third-order valence-corrected chi connectivity index (χ3v) is 2.23. The van der Waals surface area contributed by atoms with Gasteiger partial charge >= 0.3 is 6.09 Å². The van der Waals surface area contributed by atoms with Crippen molar-refractivity contribution in [2.24, 2.45) is 0 Å². The van der Waals surface area contributed by atoms with E-state index in [1.165, 1.54) is 0 Å². The van der Waals surface area contributed by atoms with Crippen molar-refractivity contribution in [3.05, 3.63) is 0 Å². The number of hydrazine groups is 1. The SMILES string of the molecule is CC(C)(C)OC(=O)NNC1CCNCC1(F)F. The summed E-state index contributed by atoms with van der Waals surface area (Å²) in [7, 11) is 0. The van der Waals surface area contributed by atoms with E-state index in [0.29, 0.717) is 6.54 Å². The lowest BCUT2D eigenvalue weighted by molar-refractivity contribution is -0.0560. The van der Waals surface area contributed by atoms with Crippen LogP contribution in [0.1, 0.15) is 27.2 Å². The first-order valence-electron chi connectivity index (χ1n) is 5.54. The zero-order valence-corrected chi connectivity index (χ0v) is 10.3. The molecule has 3 N–H and O–H groups in total. The van der Waals surface area contributed by atoms with Gasteiger partial charge in [-0.2, -0.15) is 0 Å². The minimum Gasteiger partial charge on any atom is -0.443 e. The molecule has 1 amide bonds. The molecule has 0 bridgehead atoms. The molecule has 1 aliphatic heterocycles. The number of nitrogens with one attached hydrogen (secondary N) is 3. The molecule has 7 heteroatoms. The maximum Gasteiger partial charge on any atom is 0.422 e. The average Bonchev–Trinajstić information content (AvgIpc) is 2.12. The number of carbonyl (C=O) groups is 1. The first-order valence-corrected chi connectivity index (χ1v) is 5.54. The highest BCUT2D eigenvalue weighted by Gasteiger charge is 2.41. The molecular weight excluding hydrogens is 232 g/mol. The van der Waals surface area contributed by atoms with Crippen molar-refractivity contribution in [2.45, 2.75) is 44.8 Å². The van der Waals surface area contributed by atoms with Gasteiger partial charge in [0.15, 0.2) is 0 Å². The summed E-state index contributed by atoms with van der Waals surface area (Å²) in [6.45, 7) is 5.20. The van der Waals surface area contributed by atoms with Crippen molar-refractivity contribution >= 4 is 6.09 Å². The maximum atomic E-state index is 13.3. The molecule has 0 aliphatic carbocycles. The van der Waals surface area contributed by atoms with Crippen LogP contribution in [0.4, 0.5) is 13.6 Å². The van der Waals surface area contributed by atoms with Gasteiger partial charge in [-0.3, -0.25) is 5.43 Å². The van der Waals surface area contributed by atoms with E-state index in [9.17, 15) is 13.6 Å². The molecule has 5 nitrogen and oxygen atoms in total. The van der Waals surface area contributed by atoms with Crippen LogP contribution in [0, 0.1) is 0 Å². The van der Waals surface area contributed by atoms with E-state index in [2.05, 4.69) is 16.2 Å². The van der Waals surface area contributed by atoms with E-state index in [-0.39, 0.29) is 13.0 Å². The fraction of sp³-hybridized carbons (Fsp3) is 0.900. The van der Waals surface area contributed by atoms with Gasteiger partial charge in [0.1, 0.15) is 5.60 Å². The van der Waals surface area contributed by atoms with Crippen LogP contribution in [0.2, 0.25) is 0 Å². The predicted octanol–water partition coefficient (Wildman–Crippen LogP) is 1.01. The quantitative estimate of drug-likeness (QED) is 0.641. The molecule has 0 saturated carbocycles. The molecule has 1 rings (SSSR count). The molecule has 1 atom stereocenters. The second-order valence-electron chi connectivity index (χ2n) is 5.05. The number of halogens is 2. The Bertz CT molecular complexity index is 279. The molecule has 0 spiro atoms. The highest BCUT2D eigenvalue weighted by atomic mass is 19.3. The van der Waals surface area contributed by atoms with E-state index in [4.69, 9.17) is 4.74 Å². The van der Waals surface area contributed by atoms with E-state index >= 15 is 0 Å². The third kappa shape index (κ3) is 4.82. The zero-order valence-electron chi connectivity index (χ0n) is 10.3. The molecule has 100 valence electrons. The molecular formula is C10H19F2N3O2. The van der Waals surface area contributed by atoms with Crippen LogP contribution < -0.4 is 16.2 Å². The number of piperidine rings is 1. The average molecular weight is 251 g/mol. The summed E-state index contributed by atoms with van der Waals surface area (Å²) in [5.74, 6) is -2.88. The molecule has 17 heavy (non-hydrogen) atoms. The fourth-order valence-electron chi connectivity index (χ4n) is 1.46. The van der Waals surface area contributed by atoms with Crippen molar-refractivity contribution in [3.8, 4) is 0 Å². The van der Waals surface area contributed by atoms with Gasteiger partial charge in [-0.25, -0.2) is 19.0 Å². The van der Waals surface area contributed by atoms with Crippen LogP contribution in [0.25, 0.3) is 0 Å². The van der Waals surface area contributed by atoms with Crippen molar-refractivity contribution in [3.63, 3.8) is 0 Å². The van der Waals surface area contributed by atoms with Crippen molar-refractivity contribution < 1.29 is 18.3 Å². The van der Waals surface area contributed by atoms with Crippen LogP contribution >= 0.6 is 0 Å². The highest BCUT2D eigenvalue weighted by molar-refractivity contribution is 5.67. The van der Waals surface area contributed by atoms with Gasteiger partial charge in [0.25, 0.3) is 5.92 Å². The summed E-state index contributed by atoms with van der Waals surface area (Å²) in [5, 5.41) is 2.60. The number of alkyl halides is 2. The van der Waals surface area contributed by atoms with Gasteiger partial charge in [-0.15, -0.1) is 0 Å². The number of carbonyl (C=O) groups excluding carboxylic acids is 1. The lowest BCUT2D eigenvalue weighted by Crippen LogP contribution is -2.60. The standard InChI is InChI=1S/C10H19F2N3O2/c1-9(2,3)17-8(16)15-14-7-4-5-13-6-10(7,11)12/h7,13-14H,4-6H2,1-3H3,(H,15,16). The largest absolute Gasteiger partial charge is 0.443 e. The van der Waals surface area contributed by atoms with Crippen LogP contribution in [-0.2, 0) is 4.74 Å². The lowest BCUT2D eigenvalue weighted by Gasteiger charge is -2.32. The van der Waals surface area contributed by atoms with E-state index in [0.717, 1.165) is 0 Å². The monoisotopic (exact) mass is 251 g/mol. The number of amides is 1. The Balaban J connectivity index is 2.37. The third-order valence-electron chi connectivity index (χ3n) is 2.23. The minimum atomic E-state index is -2.88. The molecule has 1 saturated heterocycles. The Hall–Kier alpha value is -0.950. The molecule has 0 aromatic rings. The summed E-state index contributed by atoms with van der Waals surface area (Å²) in [4.78, 5) is 11.3. The van der Waals surface area contributed by atoms with Crippen LogP contribution in [0.3, 0.4) is 0 Å². The van der Waals surface area contributed by atoms with Crippen LogP contribution in [0.15, 0.2) is 0 Å². The van der Waals surface area contributed by atoms with Crippen molar-refractivity contribution in [1.82, 2.24) is 16.2 Å². The summed E-state index contributed by atoms with van der Waals surface area (Å²) in [5.41, 5.74) is 3.81. The number of hydrogen-bond donors (Lipinski definition) is 3. The van der Waals surface area contributed by atoms with Gasteiger partial charge in [-0.05, 0) is 33.7 Å². The molecule has 1 heterocycles. The Labute approximate surface area is 99.2 Å². The van der Waals surface area contributed by atoms with Gasteiger partial charge < -0.3 is 10.1 Å². The Morgan fingerprint density at radius 3 is 2.65 bits per heavy atom. The maximum absolute atomic E-state index is 13.3. The number of ether oxygens (including phenoxy) is 1. The fourth-order valence-corrected chi connectivity index (χ4v) is 1.46. The summed E-state index contributed by atoms with van der Waals surface area (Å²) in [6, 6.07) is -1.07. The van der Waals surface area contributed by atoms with Crippen LogP contribution in [0.5, 0.6) is 0 Å². The van der Waals surface area contributed by atoms with E-state index < -0.39 is 23.7 Å². The number of rotatable bonds is 2. The Morgan fingerprint density at radius 2 is 2.12 bits per heavy atom. The molecule has 0 aromatic heterocycles. The van der Waals surface area contributed by atoms with Crippen molar-refractivity contribution in [2.75, 3.05) is 13.1 Å². The summed E-state index contributed by atoms with van der Waals surface area (Å²) in [6.07, 6.45) is -0.519. The zero-order chi connectivity index (χ0) is 13.1. The van der Waals surface area contributed by atoms with Gasteiger partial charge in [0, 0.05) is 0 Å². The molecule has 0 radical (unpaired) electrons. The minimum absolute atomic E-state index is 0.239. The van der Waals surface area contributed by atoms with Crippen molar-refractivity contribution in [1.29, 1.82) is 0 Å². The van der Waals surface area contributed by atoms with Gasteiger partial charge in [0.2, 0.25) is 0 Å². The van der Waals surface area contributed by atoms with E-state index in [1.807, 2.05) is 0 Å². The van der Waals surface area contributed by atoms with E-state index in [1.54, 1.807) is 20.8 Å². The normalized spacial score (nSPS) is 24.2. The Morgan fingerprint density at radius 1 is 1.47 bits per heavy atom. The lowest BCUT2D eigenvalue weighted by atomic mass is 10.0. The molecule has 1 aliphatic rings. The highest BCUT2D eigenvalue weighted by Crippen LogP contribution is 2.22. The smallest absolute Gasteiger partial charge is 0.422 e. The molecule has 1 fully saturated rings. The predicted molar refractivity (Wildman–Crippen MR) is 58.7 cm³/mol. The summed E-state index contributed by atoms with van der Waals surface area (Å²) >= 11 is 0. The van der Waals surface area contributed by atoms with Crippen LogP contribution in [-0.4, -0.2) is 36.7 Å². The first kappa shape index (κ1) is 14.1. The van der Waals surface area contributed by atoms with Gasteiger partial charge in [0.05, 0.1) is 12.6 Å². The molecule has 1 unspecified atom stereocenters. The topological polar surface area (TPSA) is 62.4 Å². The second-order valence-corrected chi connectivity index (χ2v) is 5.05. The second kappa shape index (κ2) is 5.14. The first-order chi connectivity index (χ1) is 7.71. The summed E-state index contributed by atoms with van der Waals surface area (Å²) < 4.78 is 31.6. The Kier molecular flexibility index (Phi) is 4.26. The molecule has 0 aromatic carbocycles.